The van der Waals surface area contributed by atoms with Crippen LogP contribution in [-0.2, 0) is 24.4 Å². The van der Waals surface area contributed by atoms with Crippen molar-refractivity contribution < 1.29 is 4.74 Å². The summed E-state index contributed by atoms with van der Waals surface area (Å²) in [6.07, 6.45) is 12.2. The molecule has 1 atom stereocenters. The average Bonchev–Trinajstić information content (AvgIpc) is 3.42. The molecule has 0 aliphatic carbocycles. The van der Waals surface area contributed by atoms with E-state index in [1.54, 1.807) is 0 Å². The molecule has 3 aromatic rings. The standard InChI is InChI=1S/C23H31N5O/c1-20-7-2-3-8-21(20)17-27(14-6-13-26-15-12-24-19-26)18-22-10-11-25-28(22)23-9-4-5-16-29-23/h2-3,7-8,10-12,15,19,23H,4-6,9,13-14,16-18H2,1H3/t23-/m1/s1. The Morgan fingerprint density at radius 1 is 1.14 bits per heavy atom. The Morgan fingerprint density at radius 2 is 2.07 bits per heavy atom. The molecular weight excluding hydrogens is 362 g/mol. The van der Waals surface area contributed by atoms with Crippen LogP contribution in [0.2, 0.25) is 0 Å². The lowest BCUT2D eigenvalue weighted by molar-refractivity contribution is -0.0421. The molecule has 1 fully saturated rings. The molecule has 0 bridgehead atoms. The lowest BCUT2D eigenvalue weighted by atomic mass is 10.1. The van der Waals surface area contributed by atoms with E-state index in [1.807, 2.05) is 24.9 Å². The van der Waals surface area contributed by atoms with Crippen molar-refractivity contribution in [1.29, 1.82) is 0 Å². The number of nitrogens with zero attached hydrogens (tertiary/aromatic N) is 5. The molecule has 0 radical (unpaired) electrons. The summed E-state index contributed by atoms with van der Waals surface area (Å²) < 4.78 is 10.2. The zero-order valence-electron chi connectivity index (χ0n) is 17.3. The minimum absolute atomic E-state index is 0.0833. The largest absolute Gasteiger partial charge is 0.357 e. The van der Waals surface area contributed by atoms with Crippen molar-refractivity contribution in [3.63, 3.8) is 0 Å². The van der Waals surface area contributed by atoms with Crippen LogP contribution in [0.5, 0.6) is 0 Å². The first kappa shape index (κ1) is 19.9. The fourth-order valence-electron chi connectivity index (χ4n) is 4.01. The minimum Gasteiger partial charge on any atom is -0.357 e. The number of imidazole rings is 1. The van der Waals surface area contributed by atoms with Crippen LogP contribution in [0, 0.1) is 6.92 Å². The first-order chi connectivity index (χ1) is 14.3. The summed E-state index contributed by atoms with van der Waals surface area (Å²) in [4.78, 5) is 6.67. The van der Waals surface area contributed by atoms with Gasteiger partial charge in [0.05, 0.1) is 12.0 Å². The summed E-state index contributed by atoms with van der Waals surface area (Å²) in [7, 11) is 0. The Kier molecular flexibility index (Phi) is 6.75. The molecule has 0 N–H and O–H groups in total. The molecule has 1 aliphatic heterocycles. The maximum absolute atomic E-state index is 5.98. The molecule has 1 saturated heterocycles. The molecule has 0 amide bonds. The highest BCUT2D eigenvalue weighted by Crippen LogP contribution is 2.24. The van der Waals surface area contributed by atoms with Crippen LogP contribution in [0.3, 0.4) is 0 Å². The highest BCUT2D eigenvalue weighted by atomic mass is 16.5. The third-order valence-electron chi connectivity index (χ3n) is 5.67. The van der Waals surface area contributed by atoms with Gasteiger partial charge in [0.25, 0.3) is 0 Å². The van der Waals surface area contributed by atoms with E-state index in [4.69, 9.17) is 4.74 Å². The van der Waals surface area contributed by atoms with E-state index in [-0.39, 0.29) is 6.23 Å². The number of hydrogen-bond acceptors (Lipinski definition) is 4. The summed E-state index contributed by atoms with van der Waals surface area (Å²) in [6, 6.07) is 10.8. The van der Waals surface area contributed by atoms with E-state index in [0.29, 0.717) is 0 Å². The Bertz CT molecular complexity index is 867. The Balaban J connectivity index is 1.46. The van der Waals surface area contributed by atoms with Crippen LogP contribution in [0.1, 0.15) is 48.7 Å². The third kappa shape index (κ3) is 5.34. The molecule has 1 aromatic carbocycles. The fraction of sp³-hybridized carbons (Fsp3) is 0.478. The first-order valence-electron chi connectivity index (χ1n) is 10.7. The molecule has 0 unspecified atom stereocenters. The van der Waals surface area contributed by atoms with Crippen LogP contribution in [0.25, 0.3) is 0 Å². The molecule has 4 rings (SSSR count). The van der Waals surface area contributed by atoms with Gasteiger partial charge in [-0.05, 0) is 49.8 Å². The zero-order chi connectivity index (χ0) is 19.9. The highest BCUT2D eigenvalue weighted by Gasteiger charge is 2.20. The molecule has 2 aromatic heterocycles. The van der Waals surface area contributed by atoms with Gasteiger partial charge in [-0.1, -0.05) is 24.3 Å². The van der Waals surface area contributed by atoms with Crippen molar-refractivity contribution >= 4 is 0 Å². The van der Waals surface area contributed by atoms with Gasteiger partial charge >= 0.3 is 0 Å². The second kappa shape index (κ2) is 9.85. The predicted molar refractivity (Wildman–Crippen MR) is 113 cm³/mol. The zero-order valence-corrected chi connectivity index (χ0v) is 17.3. The number of ether oxygens (including phenoxy) is 1. The number of benzene rings is 1. The first-order valence-corrected chi connectivity index (χ1v) is 10.7. The van der Waals surface area contributed by atoms with E-state index < -0.39 is 0 Å². The number of aromatic nitrogens is 4. The Labute approximate surface area is 173 Å². The van der Waals surface area contributed by atoms with Gasteiger partial charge in [-0.15, -0.1) is 0 Å². The van der Waals surface area contributed by atoms with E-state index >= 15 is 0 Å². The maximum Gasteiger partial charge on any atom is 0.150 e. The molecule has 0 spiro atoms. The van der Waals surface area contributed by atoms with Crippen molar-refractivity contribution in [2.75, 3.05) is 13.2 Å². The molecule has 6 heteroatoms. The van der Waals surface area contributed by atoms with Crippen molar-refractivity contribution in [1.82, 2.24) is 24.2 Å². The normalized spacial score (nSPS) is 17.1. The van der Waals surface area contributed by atoms with Gasteiger partial charge in [0.1, 0.15) is 0 Å². The van der Waals surface area contributed by atoms with Gasteiger partial charge in [0.15, 0.2) is 6.23 Å². The van der Waals surface area contributed by atoms with E-state index in [2.05, 4.69) is 61.5 Å². The van der Waals surface area contributed by atoms with E-state index in [1.165, 1.54) is 23.2 Å². The molecule has 154 valence electrons. The summed E-state index contributed by atoms with van der Waals surface area (Å²) in [6.45, 7) is 6.84. The van der Waals surface area contributed by atoms with Gasteiger partial charge in [-0.3, -0.25) is 4.90 Å². The average molecular weight is 394 g/mol. The quantitative estimate of drug-likeness (QED) is 0.547. The minimum atomic E-state index is 0.0833. The summed E-state index contributed by atoms with van der Waals surface area (Å²) in [5.41, 5.74) is 3.96. The van der Waals surface area contributed by atoms with E-state index in [9.17, 15) is 0 Å². The predicted octanol–water partition coefficient (Wildman–Crippen LogP) is 4.18. The van der Waals surface area contributed by atoms with Crippen LogP contribution in [0.4, 0.5) is 0 Å². The number of rotatable bonds is 9. The van der Waals surface area contributed by atoms with Crippen molar-refractivity contribution in [2.24, 2.45) is 0 Å². The lowest BCUT2D eigenvalue weighted by Gasteiger charge is -2.27. The molecule has 29 heavy (non-hydrogen) atoms. The second-order valence-corrected chi connectivity index (χ2v) is 7.88. The lowest BCUT2D eigenvalue weighted by Crippen LogP contribution is -2.28. The SMILES string of the molecule is Cc1ccccc1CN(CCCn1ccnc1)Cc1ccnn1[C@H]1CCCCO1. The van der Waals surface area contributed by atoms with Gasteiger partial charge in [0, 0.05) is 51.4 Å². The van der Waals surface area contributed by atoms with Crippen LogP contribution >= 0.6 is 0 Å². The highest BCUT2D eigenvalue weighted by molar-refractivity contribution is 5.25. The molecule has 0 saturated carbocycles. The second-order valence-electron chi connectivity index (χ2n) is 7.88. The summed E-state index contributed by atoms with van der Waals surface area (Å²) in [5, 5.41) is 4.59. The molecule has 3 heterocycles. The molecular formula is C23H31N5O. The van der Waals surface area contributed by atoms with E-state index in [0.717, 1.165) is 52.0 Å². The van der Waals surface area contributed by atoms with Crippen molar-refractivity contribution in [3.8, 4) is 0 Å². The maximum atomic E-state index is 5.98. The van der Waals surface area contributed by atoms with Crippen molar-refractivity contribution in [2.45, 2.75) is 58.5 Å². The number of hydrogen-bond donors (Lipinski definition) is 0. The summed E-state index contributed by atoms with van der Waals surface area (Å²) in [5.74, 6) is 0. The van der Waals surface area contributed by atoms with Crippen LogP contribution in [-0.4, -0.2) is 37.4 Å². The molecule has 1 aliphatic rings. The van der Waals surface area contributed by atoms with Crippen LogP contribution in [0.15, 0.2) is 55.2 Å². The van der Waals surface area contributed by atoms with Crippen molar-refractivity contribution in [3.05, 3.63) is 72.1 Å². The monoisotopic (exact) mass is 393 g/mol. The third-order valence-corrected chi connectivity index (χ3v) is 5.67. The van der Waals surface area contributed by atoms with Gasteiger partial charge in [0.2, 0.25) is 0 Å². The smallest absolute Gasteiger partial charge is 0.150 e. The topological polar surface area (TPSA) is 48.1 Å². The van der Waals surface area contributed by atoms with Gasteiger partial charge < -0.3 is 9.30 Å². The number of aryl methyl sites for hydroxylation is 2. The molecule has 6 nitrogen and oxygen atoms in total. The van der Waals surface area contributed by atoms with Gasteiger partial charge in [-0.2, -0.15) is 5.10 Å². The van der Waals surface area contributed by atoms with Gasteiger partial charge in [-0.25, -0.2) is 9.67 Å². The van der Waals surface area contributed by atoms with Crippen LogP contribution < -0.4 is 0 Å². The Hall–Kier alpha value is -2.44. The fourth-order valence-corrected chi connectivity index (χ4v) is 4.01. The summed E-state index contributed by atoms with van der Waals surface area (Å²) >= 11 is 0. The Morgan fingerprint density at radius 3 is 2.86 bits per heavy atom.